The van der Waals surface area contributed by atoms with Gasteiger partial charge in [0.2, 0.25) is 10.0 Å². The van der Waals surface area contributed by atoms with E-state index in [1.807, 2.05) is 25.8 Å². The molecule has 5 rings (SSSR count). The molecule has 14 heteroatoms. The van der Waals surface area contributed by atoms with Crippen LogP contribution in [0.1, 0.15) is 51.9 Å². The number of amidine groups is 1. The molecular weight excluding hydrogens is 599 g/mol. The number of likely N-dealkylation sites (tertiary alicyclic amines) is 1. The van der Waals surface area contributed by atoms with Gasteiger partial charge in [0.05, 0.1) is 0 Å². The number of nitrogens with zero attached hydrogens (tertiary/aromatic N) is 3. The molecule has 0 saturated carbocycles. The van der Waals surface area contributed by atoms with Gasteiger partial charge in [0.15, 0.2) is 0 Å². The monoisotopic (exact) mass is 633 g/mol. The quantitative estimate of drug-likeness (QED) is 0.483. The van der Waals surface area contributed by atoms with Gasteiger partial charge in [-0.25, -0.2) is 8.42 Å². The van der Waals surface area contributed by atoms with Crippen LogP contribution in [0.3, 0.4) is 0 Å². The lowest BCUT2D eigenvalue weighted by Gasteiger charge is -2.34. The van der Waals surface area contributed by atoms with Crippen molar-refractivity contribution in [3.8, 4) is 5.75 Å². The molecule has 1 spiro atoms. The highest BCUT2D eigenvalue weighted by Gasteiger charge is 2.47. The predicted molar refractivity (Wildman–Crippen MR) is 159 cm³/mol. The van der Waals surface area contributed by atoms with E-state index in [2.05, 4.69) is 20.4 Å². The number of alkyl halides is 3. The highest BCUT2D eigenvalue weighted by molar-refractivity contribution is 7.92. The summed E-state index contributed by atoms with van der Waals surface area (Å²) in [7, 11) is -1.97. The molecule has 2 aromatic rings. The summed E-state index contributed by atoms with van der Waals surface area (Å²) in [6, 6.07) is 8.97. The highest BCUT2D eigenvalue weighted by atomic mass is 32.2. The van der Waals surface area contributed by atoms with Crippen LogP contribution in [0.2, 0.25) is 0 Å². The Bertz CT molecular complexity index is 1610. The summed E-state index contributed by atoms with van der Waals surface area (Å²) in [5.74, 6) is -0.818. The van der Waals surface area contributed by atoms with Crippen LogP contribution in [0.25, 0.3) is 6.08 Å². The number of rotatable bonds is 7. The first-order chi connectivity index (χ1) is 20.7. The number of carbonyl (C=O) groups is 2. The molecule has 2 N–H and O–H groups in total. The first-order valence-electron chi connectivity index (χ1n) is 14.2. The molecule has 0 aliphatic carbocycles. The van der Waals surface area contributed by atoms with Gasteiger partial charge in [-0.15, -0.1) is 13.2 Å². The number of nitrogens with one attached hydrogen (secondary N) is 2. The number of hydrogen-bond acceptors (Lipinski definition) is 7. The number of carbonyl (C=O) groups excluding carboxylic acids is 2. The van der Waals surface area contributed by atoms with Crippen LogP contribution in [0.5, 0.6) is 5.75 Å². The number of hydrogen-bond donors (Lipinski definition) is 2. The number of benzene rings is 2. The third-order valence-electron chi connectivity index (χ3n) is 8.36. The van der Waals surface area contributed by atoms with E-state index in [4.69, 9.17) is 0 Å². The summed E-state index contributed by atoms with van der Waals surface area (Å²) in [6.45, 7) is 5.05. The van der Waals surface area contributed by atoms with Crippen molar-refractivity contribution in [2.24, 2.45) is 4.99 Å². The van der Waals surface area contributed by atoms with Crippen molar-refractivity contribution >= 4 is 33.7 Å². The lowest BCUT2D eigenvalue weighted by Crippen LogP contribution is -2.50. The Morgan fingerprint density at radius 2 is 1.82 bits per heavy atom. The molecule has 2 amide bonds. The van der Waals surface area contributed by atoms with E-state index in [0.717, 1.165) is 35.1 Å². The van der Waals surface area contributed by atoms with Crippen molar-refractivity contribution in [1.29, 1.82) is 0 Å². The van der Waals surface area contributed by atoms with Crippen molar-refractivity contribution in [3.63, 3.8) is 0 Å². The average Bonchev–Trinajstić information content (AvgIpc) is 3.56. The van der Waals surface area contributed by atoms with Crippen molar-refractivity contribution in [2.45, 2.75) is 51.1 Å². The van der Waals surface area contributed by atoms with Crippen molar-refractivity contribution < 1.29 is 35.9 Å². The largest absolute Gasteiger partial charge is 0.573 e. The van der Waals surface area contributed by atoms with E-state index < -0.39 is 33.6 Å². The Hall–Kier alpha value is -3.75. The third-order valence-corrected chi connectivity index (χ3v) is 9.93. The van der Waals surface area contributed by atoms with Crippen LogP contribution >= 0.6 is 0 Å². The standard InChI is InChI=1S/C30H34F3N5O5S/c1-19-15-22(27(39)37-11-7-23(18-37)34-3)16-20(2)25(19)8-14-44(41,42)38-12-9-29(10-13-38)28(40)35-26(36-29)21-5-4-6-24(17-21)43-30(31,32)33/h4-6,8,14-17,23,34H,7,9-13,18H2,1-3H3,(H,35,36,40)/t23-/m1/s1. The molecule has 236 valence electrons. The van der Waals surface area contributed by atoms with E-state index in [1.165, 1.54) is 22.5 Å². The highest BCUT2D eigenvalue weighted by Crippen LogP contribution is 2.33. The summed E-state index contributed by atoms with van der Waals surface area (Å²) in [4.78, 5) is 32.3. The van der Waals surface area contributed by atoms with E-state index in [1.54, 1.807) is 12.1 Å². The van der Waals surface area contributed by atoms with Crippen molar-refractivity contribution in [3.05, 3.63) is 69.6 Å². The van der Waals surface area contributed by atoms with E-state index in [0.29, 0.717) is 24.2 Å². The summed E-state index contributed by atoms with van der Waals surface area (Å²) >= 11 is 0. The Labute approximate surface area is 254 Å². The molecular formula is C30H34F3N5O5S. The molecule has 0 unspecified atom stereocenters. The maximum atomic E-state index is 13.2. The van der Waals surface area contributed by atoms with E-state index in [-0.39, 0.29) is 49.3 Å². The van der Waals surface area contributed by atoms with E-state index >= 15 is 0 Å². The minimum Gasteiger partial charge on any atom is -0.406 e. The molecule has 2 saturated heterocycles. The van der Waals surface area contributed by atoms with Crippen LogP contribution < -0.4 is 15.4 Å². The first kappa shape index (κ1) is 31.7. The Morgan fingerprint density at radius 1 is 1.14 bits per heavy atom. The number of aliphatic imine (C=N–C) groups is 1. The van der Waals surface area contributed by atoms with Crippen LogP contribution in [0.15, 0.2) is 46.8 Å². The predicted octanol–water partition coefficient (Wildman–Crippen LogP) is 3.35. The molecule has 1 atom stereocenters. The van der Waals surface area contributed by atoms with Crippen LogP contribution in [0, 0.1) is 13.8 Å². The Balaban J connectivity index is 1.26. The van der Waals surface area contributed by atoms with Gasteiger partial charge < -0.3 is 20.3 Å². The molecule has 10 nitrogen and oxygen atoms in total. The van der Waals surface area contributed by atoms with Crippen LogP contribution in [0.4, 0.5) is 13.2 Å². The minimum absolute atomic E-state index is 0.0307. The van der Waals surface area contributed by atoms with Gasteiger partial charge in [-0.1, -0.05) is 12.1 Å². The van der Waals surface area contributed by atoms with Crippen molar-refractivity contribution in [1.82, 2.24) is 19.8 Å². The smallest absolute Gasteiger partial charge is 0.406 e. The summed E-state index contributed by atoms with van der Waals surface area (Å²) in [5.41, 5.74) is 1.84. The van der Waals surface area contributed by atoms with Crippen LogP contribution in [-0.4, -0.2) is 86.4 Å². The number of likely N-dealkylation sites (N-methyl/N-ethyl adjacent to an activating group) is 1. The number of aryl methyl sites for hydroxylation is 2. The van der Waals surface area contributed by atoms with Gasteiger partial charge in [-0.3, -0.25) is 14.6 Å². The number of piperidine rings is 1. The van der Waals surface area contributed by atoms with Gasteiger partial charge in [-0.05, 0) is 87.2 Å². The van der Waals surface area contributed by atoms with Gasteiger partial charge in [0, 0.05) is 48.8 Å². The molecule has 0 bridgehead atoms. The van der Waals surface area contributed by atoms with Gasteiger partial charge in [0.1, 0.15) is 17.1 Å². The number of ether oxygens (including phenoxy) is 1. The fraction of sp³-hybridized carbons (Fsp3) is 0.433. The molecule has 2 aromatic carbocycles. The van der Waals surface area contributed by atoms with Gasteiger partial charge >= 0.3 is 6.36 Å². The zero-order valence-corrected chi connectivity index (χ0v) is 25.4. The van der Waals surface area contributed by atoms with Crippen molar-refractivity contribution in [2.75, 3.05) is 33.2 Å². The minimum atomic E-state index is -4.86. The zero-order chi connectivity index (χ0) is 31.9. The topological polar surface area (TPSA) is 120 Å². The summed E-state index contributed by atoms with van der Waals surface area (Å²) in [5, 5.41) is 6.96. The Morgan fingerprint density at radius 3 is 2.43 bits per heavy atom. The molecule has 44 heavy (non-hydrogen) atoms. The summed E-state index contributed by atoms with van der Waals surface area (Å²) < 4.78 is 69.7. The number of amides is 2. The third kappa shape index (κ3) is 6.66. The maximum absolute atomic E-state index is 13.2. The molecule has 3 aliphatic heterocycles. The Kier molecular flexibility index (Phi) is 8.62. The van der Waals surface area contributed by atoms with Gasteiger partial charge in [-0.2, -0.15) is 4.31 Å². The molecule has 2 fully saturated rings. The molecule has 0 aromatic heterocycles. The van der Waals surface area contributed by atoms with Gasteiger partial charge in [0.25, 0.3) is 11.8 Å². The lowest BCUT2D eigenvalue weighted by atomic mass is 9.89. The fourth-order valence-electron chi connectivity index (χ4n) is 5.91. The number of sulfonamides is 1. The SMILES string of the molecule is CN[C@@H]1CCN(C(=O)c2cc(C)c(C=CS(=O)(=O)N3CCC4(CC3)N=C(c3cccc(OC(F)(F)F)c3)NC4=O)c(C)c2)C1. The average molecular weight is 634 g/mol. The number of halogens is 3. The normalized spacial score (nSPS) is 20.8. The summed E-state index contributed by atoms with van der Waals surface area (Å²) in [6.07, 6.45) is -2.23. The fourth-order valence-corrected chi connectivity index (χ4v) is 7.08. The lowest BCUT2D eigenvalue weighted by molar-refractivity contribution is -0.274. The first-order valence-corrected chi connectivity index (χ1v) is 15.7. The second-order valence-corrected chi connectivity index (χ2v) is 13.1. The molecule has 3 heterocycles. The second kappa shape index (κ2) is 12.0. The van der Waals surface area contributed by atoms with E-state index in [9.17, 15) is 31.2 Å². The van der Waals surface area contributed by atoms with Crippen LogP contribution in [-0.2, 0) is 14.8 Å². The molecule has 3 aliphatic rings. The maximum Gasteiger partial charge on any atom is 0.573 e. The second-order valence-electron chi connectivity index (χ2n) is 11.3. The molecule has 0 radical (unpaired) electrons. The zero-order valence-electron chi connectivity index (χ0n) is 24.6.